The minimum absolute atomic E-state index is 0.453. The van der Waals surface area contributed by atoms with Gasteiger partial charge in [-0.2, -0.15) is 0 Å². The van der Waals surface area contributed by atoms with Gasteiger partial charge in [0.1, 0.15) is 0 Å². The third-order valence-corrected chi connectivity index (χ3v) is 10.8. The van der Waals surface area contributed by atoms with E-state index in [0.29, 0.717) is 11.2 Å². The Labute approximate surface area is 234 Å². The number of aromatic nitrogens is 1. The zero-order valence-corrected chi connectivity index (χ0v) is 22.7. The molecule has 9 rings (SSSR count). The van der Waals surface area contributed by atoms with Crippen molar-refractivity contribution >= 4 is 65.1 Å². The topological polar surface area (TPSA) is 4.93 Å². The summed E-state index contributed by atoms with van der Waals surface area (Å²) in [5.41, 5.74) is 7.76. The normalized spacial score (nSPS) is 17.9. The predicted octanol–water partition coefficient (Wildman–Crippen LogP) is 10.5. The van der Waals surface area contributed by atoms with Crippen LogP contribution >= 0.6 is 23.1 Å². The molecule has 2 aromatic heterocycles. The van der Waals surface area contributed by atoms with Crippen LogP contribution in [0.1, 0.15) is 11.5 Å². The Morgan fingerprint density at radius 2 is 1.44 bits per heavy atom. The van der Waals surface area contributed by atoms with Gasteiger partial charge in [-0.1, -0.05) is 85.0 Å². The maximum Gasteiger partial charge on any atom is 0.0619 e. The van der Waals surface area contributed by atoms with E-state index >= 15 is 0 Å². The van der Waals surface area contributed by atoms with Crippen molar-refractivity contribution < 1.29 is 0 Å². The van der Waals surface area contributed by atoms with Gasteiger partial charge in [-0.3, -0.25) is 0 Å². The molecule has 39 heavy (non-hydrogen) atoms. The molecule has 0 saturated carbocycles. The van der Waals surface area contributed by atoms with Gasteiger partial charge in [-0.15, -0.1) is 23.1 Å². The van der Waals surface area contributed by atoms with Crippen LogP contribution in [-0.4, -0.2) is 9.82 Å². The minimum Gasteiger partial charge on any atom is -0.309 e. The summed E-state index contributed by atoms with van der Waals surface area (Å²) in [6.07, 6.45) is 9.10. The Kier molecular flexibility index (Phi) is 4.60. The first-order valence-corrected chi connectivity index (χ1v) is 15.1. The Hall–Kier alpha value is -4.05. The van der Waals surface area contributed by atoms with Crippen molar-refractivity contribution in [3.63, 3.8) is 0 Å². The molecule has 1 nitrogen and oxygen atoms in total. The Morgan fingerprint density at radius 1 is 0.615 bits per heavy atom. The molecule has 0 saturated heterocycles. The Bertz CT molecular complexity index is 2170. The van der Waals surface area contributed by atoms with Gasteiger partial charge in [0.2, 0.25) is 0 Å². The van der Waals surface area contributed by atoms with E-state index in [4.69, 9.17) is 0 Å². The van der Waals surface area contributed by atoms with E-state index in [1.807, 2.05) is 23.1 Å². The van der Waals surface area contributed by atoms with Gasteiger partial charge in [0.15, 0.2) is 0 Å². The Balaban J connectivity index is 1.33. The second kappa shape index (κ2) is 8.22. The Morgan fingerprint density at radius 3 is 2.41 bits per heavy atom. The summed E-state index contributed by atoms with van der Waals surface area (Å²) in [5.74, 6) is 0.453. The van der Waals surface area contributed by atoms with Gasteiger partial charge in [0, 0.05) is 58.3 Å². The number of thioether (sulfide) groups is 1. The van der Waals surface area contributed by atoms with Crippen LogP contribution in [-0.2, 0) is 0 Å². The lowest BCUT2D eigenvalue weighted by atomic mass is 9.90. The molecule has 0 N–H and O–H groups in total. The average Bonchev–Trinajstić information content (AvgIpc) is 3.66. The zero-order chi connectivity index (χ0) is 25.5. The molecule has 1 aliphatic heterocycles. The number of rotatable bonds is 2. The molecule has 184 valence electrons. The van der Waals surface area contributed by atoms with Crippen LogP contribution < -0.4 is 0 Å². The SMILES string of the molecule is C1=CC2Sc3ccc(-c4cccc5c6ccccc6n(-c6ccc7sc8ccccc8c7c6)c45)cc3C2C=C1. The summed E-state index contributed by atoms with van der Waals surface area (Å²) in [7, 11) is 0. The van der Waals surface area contributed by atoms with Crippen molar-refractivity contribution in [1.82, 2.24) is 4.57 Å². The van der Waals surface area contributed by atoms with Gasteiger partial charge in [0.25, 0.3) is 0 Å². The third kappa shape index (κ3) is 3.15. The van der Waals surface area contributed by atoms with Gasteiger partial charge in [-0.05, 0) is 53.6 Å². The van der Waals surface area contributed by atoms with E-state index < -0.39 is 0 Å². The first-order chi connectivity index (χ1) is 19.3. The number of hydrogen-bond acceptors (Lipinski definition) is 2. The van der Waals surface area contributed by atoms with E-state index in [2.05, 4.69) is 132 Å². The number of fused-ring (bicyclic) bond motifs is 9. The maximum atomic E-state index is 2.49. The monoisotopic (exact) mass is 533 g/mol. The van der Waals surface area contributed by atoms with Crippen molar-refractivity contribution in [2.24, 2.45) is 0 Å². The second-order valence-electron chi connectivity index (χ2n) is 10.5. The summed E-state index contributed by atoms with van der Waals surface area (Å²) < 4.78 is 5.16. The standard InChI is InChI=1S/C36H23NS2/c1-4-13-31-25(8-1)28-12-7-11-24(22-16-18-34-29(20-22)26-9-2-5-14-32(26)38-34)36(28)37(31)23-17-19-35-30(21-23)27-10-3-6-15-33(27)39-35/h1-21,26,32H. The minimum atomic E-state index is 0.453. The summed E-state index contributed by atoms with van der Waals surface area (Å²) >= 11 is 3.87. The fourth-order valence-corrected chi connectivity index (χ4v) is 8.99. The first-order valence-electron chi connectivity index (χ1n) is 13.4. The second-order valence-corrected chi connectivity index (χ2v) is 12.8. The molecule has 0 bridgehead atoms. The van der Waals surface area contributed by atoms with Crippen molar-refractivity contribution in [1.29, 1.82) is 0 Å². The van der Waals surface area contributed by atoms with E-state index in [0.717, 1.165) is 0 Å². The lowest BCUT2D eigenvalue weighted by molar-refractivity contribution is 0.881. The van der Waals surface area contributed by atoms with Crippen molar-refractivity contribution in [2.75, 3.05) is 0 Å². The fourth-order valence-electron chi connectivity index (χ4n) is 6.58. The quantitative estimate of drug-likeness (QED) is 0.214. The molecule has 2 atom stereocenters. The van der Waals surface area contributed by atoms with Crippen molar-refractivity contribution in [3.05, 3.63) is 133 Å². The molecule has 0 amide bonds. The smallest absolute Gasteiger partial charge is 0.0619 e. The summed E-state index contributed by atoms with van der Waals surface area (Å²) in [5, 5.41) is 5.76. The highest BCUT2D eigenvalue weighted by Gasteiger charge is 2.31. The van der Waals surface area contributed by atoms with Crippen LogP contribution in [0.4, 0.5) is 0 Å². The van der Waals surface area contributed by atoms with E-state index in [9.17, 15) is 0 Å². The molecule has 0 spiro atoms. The summed E-state index contributed by atoms with van der Waals surface area (Å²) in [4.78, 5) is 1.41. The molecule has 3 heterocycles. The van der Waals surface area contributed by atoms with Gasteiger partial charge >= 0.3 is 0 Å². The molecule has 1 aliphatic carbocycles. The summed E-state index contributed by atoms with van der Waals surface area (Å²) in [6.45, 7) is 0. The van der Waals surface area contributed by atoms with Crippen LogP contribution in [0, 0.1) is 0 Å². The highest BCUT2D eigenvalue weighted by atomic mass is 32.2. The van der Waals surface area contributed by atoms with Gasteiger partial charge in [-0.25, -0.2) is 0 Å². The maximum absolute atomic E-state index is 2.49. The molecule has 3 heteroatoms. The zero-order valence-electron chi connectivity index (χ0n) is 21.0. The fraction of sp³-hybridized carbons (Fsp3) is 0.0556. The molecule has 7 aromatic rings. The van der Waals surface area contributed by atoms with E-state index in [-0.39, 0.29) is 0 Å². The highest BCUT2D eigenvalue weighted by molar-refractivity contribution is 8.00. The van der Waals surface area contributed by atoms with Crippen LogP contribution in [0.25, 0.3) is 58.8 Å². The van der Waals surface area contributed by atoms with Crippen molar-refractivity contribution in [3.8, 4) is 16.8 Å². The number of thiophene rings is 1. The van der Waals surface area contributed by atoms with E-state index in [1.165, 1.54) is 69.3 Å². The van der Waals surface area contributed by atoms with Crippen molar-refractivity contribution in [2.45, 2.75) is 16.1 Å². The summed E-state index contributed by atoms with van der Waals surface area (Å²) in [6, 6.07) is 38.5. The molecular weight excluding hydrogens is 511 g/mol. The van der Waals surface area contributed by atoms with Crippen LogP contribution in [0.2, 0.25) is 0 Å². The van der Waals surface area contributed by atoms with Crippen LogP contribution in [0.5, 0.6) is 0 Å². The number of hydrogen-bond donors (Lipinski definition) is 0. The lowest BCUT2D eigenvalue weighted by Gasteiger charge is -2.16. The van der Waals surface area contributed by atoms with Crippen LogP contribution in [0.15, 0.2) is 132 Å². The van der Waals surface area contributed by atoms with E-state index in [1.54, 1.807) is 0 Å². The molecular formula is C36H23NS2. The van der Waals surface area contributed by atoms with Gasteiger partial charge in [0.05, 0.1) is 11.0 Å². The highest BCUT2D eigenvalue weighted by Crippen LogP contribution is 2.49. The largest absolute Gasteiger partial charge is 0.309 e. The average molecular weight is 534 g/mol. The number of allylic oxidation sites excluding steroid dienone is 3. The molecule has 2 aliphatic rings. The third-order valence-electron chi connectivity index (χ3n) is 8.34. The molecule has 0 radical (unpaired) electrons. The lowest BCUT2D eigenvalue weighted by Crippen LogP contribution is -2.06. The number of nitrogens with zero attached hydrogens (tertiary/aromatic N) is 1. The molecule has 2 unspecified atom stereocenters. The molecule has 5 aromatic carbocycles. The first kappa shape index (κ1) is 21.8. The number of benzene rings is 5. The number of para-hydroxylation sites is 2. The molecule has 0 fully saturated rings. The predicted molar refractivity (Wildman–Crippen MR) is 170 cm³/mol. The van der Waals surface area contributed by atoms with Gasteiger partial charge < -0.3 is 4.57 Å². The van der Waals surface area contributed by atoms with Crippen LogP contribution in [0.3, 0.4) is 0 Å².